The Balaban J connectivity index is 2.83. The van der Waals surface area contributed by atoms with Crippen molar-refractivity contribution in [2.24, 2.45) is 5.14 Å². The quantitative estimate of drug-likeness (QED) is 0.814. The van der Waals surface area contributed by atoms with E-state index in [0.29, 0.717) is 23.4 Å². The van der Waals surface area contributed by atoms with Crippen molar-refractivity contribution in [2.45, 2.75) is 32.1 Å². The van der Waals surface area contributed by atoms with Crippen molar-refractivity contribution in [3.63, 3.8) is 0 Å². The highest BCUT2D eigenvalue weighted by Gasteiger charge is 2.15. The van der Waals surface area contributed by atoms with Gasteiger partial charge in [-0.1, -0.05) is 6.92 Å². The minimum absolute atomic E-state index is 0.0674. The largest absolute Gasteiger partial charge is 0.483 e. The number of hydrogen-bond donors (Lipinski definition) is 2. The first kappa shape index (κ1) is 16.5. The van der Waals surface area contributed by atoms with Crippen LogP contribution in [0.25, 0.3) is 0 Å². The summed E-state index contributed by atoms with van der Waals surface area (Å²) in [5.41, 5.74) is 1.10. The number of aryl methyl sites for hydroxylation is 2. The van der Waals surface area contributed by atoms with Gasteiger partial charge in [0, 0.05) is 6.54 Å². The number of nitrogens with one attached hydrogen (secondary N) is 1. The van der Waals surface area contributed by atoms with Crippen LogP contribution in [0.3, 0.4) is 0 Å². The van der Waals surface area contributed by atoms with E-state index in [1.807, 2.05) is 6.92 Å². The Hall–Kier alpha value is -1.60. The topological polar surface area (TPSA) is 98.5 Å². The maximum absolute atomic E-state index is 11.4. The number of benzene rings is 1. The Morgan fingerprint density at radius 2 is 1.95 bits per heavy atom. The van der Waals surface area contributed by atoms with E-state index in [1.165, 1.54) is 6.07 Å². The zero-order chi connectivity index (χ0) is 15.3. The van der Waals surface area contributed by atoms with E-state index in [2.05, 4.69) is 5.32 Å². The summed E-state index contributed by atoms with van der Waals surface area (Å²) in [6.45, 7) is 5.79. The van der Waals surface area contributed by atoms with Gasteiger partial charge in [0.1, 0.15) is 5.75 Å². The Morgan fingerprint density at radius 3 is 2.50 bits per heavy atom. The molecule has 0 bridgehead atoms. The second-order valence-electron chi connectivity index (χ2n) is 4.57. The summed E-state index contributed by atoms with van der Waals surface area (Å²) in [6.07, 6.45) is 0.854. The van der Waals surface area contributed by atoms with E-state index in [9.17, 15) is 13.2 Å². The van der Waals surface area contributed by atoms with E-state index in [1.54, 1.807) is 19.9 Å². The van der Waals surface area contributed by atoms with Crippen molar-refractivity contribution < 1.29 is 17.9 Å². The molecule has 0 aliphatic heterocycles. The molecule has 7 heteroatoms. The van der Waals surface area contributed by atoms with E-state index in [0.717, 1.165) is 6.42 Å². The Labute approximate surface area is 119 Å². The summed E-state index contributed by atoms with van der Waals surface area (Å²) in [6, 6.07) is 3.02. The molecule has 0 saturated heterocycles. The predicted octanol–water partition coefficient (Wildman–Crippen LogP) is 0.856. The molecule has 1 aromatic rings. The summed E-state index contributed by atoms with van der Waals surface area (Å²) in [5.74, 6) is 0.265. The molecular formula is C13H20N2O4S. The summed E-state index contributed by atoms with van der Waals surface area (Å²) < 4.78 is 28.1. The van der Waals surface area contributed by atoms with Crippen LogP contribution < -0.4 is 15.2 Å². The molecule has 6 nitrogen and oxygen atoms in total. The van der Waals surface area contributed by atoms with Gasteiger partial charge in [0.05, 0.1) is 4.90 Å². The molecule has 0 heterocycles. The lowest BCUT2D eigenvalue weighted by Gasteiger charge is -2.12. The normalized spacial score (nSPS) is 11.2. The van der Waals surface area contributed by atoms with Crippen molar-refractivity contribution in [3.8, 4) is 5.75 Å². The highest BCUT2D eigenvalue weighted by molar-refractivity contribution is 7.89. The predicted molar refractivity (Wildman–Crippen MR) is 76.1 cm³/mol. The smallest absolute Gasteiger partial charge is 0.257 e. The first-order valence-electron chi connectivity index (χ1n) is 6.29. The average molecular weight is 300 g/mol. The van der Waals surface area contributed by atoms with Crippen molar-refractivity contribution in [1.29, 1.82) is 0 Å². The first-order chi connectivity index (χ1) is 9.25. The van der Waals surface area contributed by atoms with E-state index in [4.69, 9.17) is 9.88 Å². The SMILES string of the molecule is CCCNC(=O)COc1cc(C)c(S(N)(=O)=O)cc1C. The standard InChI is InChI=1S/C13H20N2O4S/c1-4-5-15-13(16)8-19-11-6-10(3)12(7-9(11)2)20(14,17)18/h6-7H,4-5,8H2,1-3H3,(H,15,16)(H2,14,17,18). The fourth-order valence-corrected chi connectivity index (χ4v) is 2.53. The van der Waals surface area contributed by atoms with Crippen LogP contribution in [0.2, 0.25) is 0 Å². The van der Waals surface area contributed by atoms with Crippen LogP contribution in [0.5, 0.6) is 5.75 Å². The minimum atomic E-state index is -3.75. The number of carbonyl (C=O) groups is 1. The van der Waals surface area contributed by atoms with Crippen molar-refractivity contribution in [1.82, 2.24) is 5.32 Å². The third-order valence-electron chi connectivity index (χ3n) is 2.71. The Kier molecular flexibility index (Phi) is 5.52. The van der Waals surface area contributed by atoms with Crippen molar-refractivity contribution in [3.05, 3.63) is 23.3 Å². The van der Waals surface area contributed by atoms with Crippen LogP contribution in [0.4, 0.5) is 0 Å². The van der Waals surface area contributed by atoms with Gasteiger partial charge in [-0.05, 0) is 43.5 Å². The molecule has 0 saturated carbocycles. The van der Waals surface area contributed by atoms with Crippen LogP contribution >= 0.6 is 0 Å². The summed E-state index contributed by atoms with van der Waals surface area (Å²) in [4.78, 5) is 11.5. The van der Waals surface area contributed by atoms with Gasteiger partial charge in [0.15, 0.2) is 6.61 Å². The van der Waals surface area contributed by atoms with Crippen LogP contribution in [0.15, 0.2) is 17.0 Å². The molecule has 0 aromatic heterocycles. The van der Waals surface area contributed by atoms with Crippen LogP contribution in [0, 0.1) is 13.8 Å². The van der Waals surface area contributed by atoms with Gasteiger partial charge in [-0.2, -0.15) is 0 Å². The maximum Gasteiger partial charge on any atom is 0.257 e. The molecule has 112 valence electrons. The molecule has 1 aromatic carbocycles. The number of primary sulfonamides is 1. The Morgan fingerprint density at radius 1 is 1.30 bits per heavy atom. The van der Waals surface area contributed by atoms with Crippen LogP contribution in [-0.4, -0.2) is 27.5 Å². The molecular weight excluding hydrogens is 280 g/mol. The number of rotatable bonds is 6. The zero-order valence-electron chi connectivity index (χ0n) is 11.9. The fourth-order valence-electron chi connectivity index (χ4n) is 1.68. The molecule has 0 unspecified atom stereocenters. The van der Waals surface area contributed by atoms with Gasteiger partial charge < -0.3 is 10.1 Å². The third kappa shape index (κ3) is 4.50. The highest BCUT2D eigenvalue weighted by Crippen LogP contribution is 2.25. The molecule has 0 radical (unpaired) electrons. The molecule has 0 aliphatic rings. The van der Waals surface area contributed by atoms with Crippen LogP contribution in [-0.2, 0) is 14.8 Å². The third-order valence-corrected chi connectivity index (χ3v) is 3.76. The number of hydrogen-bond acceptors (Lipinski definition) is 4. The van der Waals surface area contributed by atoms with Gasteiger partial charge in [0.2, 0.25) is 10.0 Å². The van der Waals surface area contributed by atoms with Crippen LogP contribution in [0.1, 0.15) is 24.5 Å². The number of sulfonamides is 1. The molecule has 0 fully saturated rings. The lowest BCUT2D eigenvalue weighted by atomic mass is 10.1. The average Bonchev–Trinajstić information content (AvgIpc) is 2.35. The fraction of sp³-hybridized carbons (Fsp3) is 0.462. The second kappa shape index (κ2) is 6.71. The zero-order valence-corrected chi connectivity index (χ0v) is 12.7. The van der Waals surface area contributed by atoms with Crippen molar-refractivity contribution >= 4 is 15.9 Å². The number of amides is 1. The molecule has 0 atom stereocenters. The molecule has 1 rings (SSSR count). The maximum atomic E-state index is 11.4. The minimum Gasteiger partial charge on any atom is -0.483 e. The summed E-state index contributed by atoms with van der Waals surface area (Å²) in [7, 11) is -3.75. The highest BCUT2D eigenvalue weighted by atomic mass is 32.2. The molecule has 0 aliphatic carbocycles. The lowest BCUT2D eigenvalue weighted by Crippen LogP contribution is -2.29. The molecule has 20 heavy (non-hydrogen) atoms. The number of nitrogens with two attached hydrogens (primary N) is 1. The van der Waals surface area contributed by atoms with Gasteiger partial charge in [-0.25, -0.2) is 13.6 Å². The molecule has 3 N–H and O–H groups in total. The van der Waals surface area contributed by atoms with Gasteiger partial charge >= 0.3 is 0 Å². The van der Waals surface area contributed by atoms with E-state index >= 15 is 0 Å². The molecule has 1 amide bonds. The monoisotopic (exact) mass is 300 g/mol. The first-order valence-corrected chi connectivity index (χ1v) is 7.84. The van der Waals surface area contributed by atoms with E-state index in [-0.39, 0.29) is 17.4 Å². The number of carbonyl (C=O) groups excluding carboxylic acids is 1. The molecule has 0 spiro atoms. The summed E-state index contributed by atoms with van der Waals surface area (Å²) in [5, 5.41) is 7.81. The van der Waals surface area contributed by atoms with Gasteiger partial charge in [0.25, 0.3) is 5.91 Å². The number of ether oxygens (including phenoxy) is 1. The lowest BCUT2D eigenvalue weighted by molar-refractivity contribution is -0.123. The second-order valence-corrected chi connectivity index (χ2v) is 6.10. The van der Waals surface area contributed by atoms with Gasteiger partial charge in [-0.15, -0.1) is 0 Å². The Bertz CT molecular complexity index is 597. The van der Waals surface area contributed by atoms with Gasteiger partial charge in [-0.3, -0.25) is 4.79 Å². The summed E-state index contributed by atoms with van der Waals surface area (Å²) >= 11 is 0. The van der Waals surface area contributed by atoms with E-state index < -0.39 is 10.0 Å². The van der Waals surface area contributed by atoms with Crippen molar-refractivity contribution in [2.75, 3.05) is 13.2 Å².